The van der Waals surface area contributed by atoms with Crippen LogP contribution in [0.4, 0.5) is 0 Å². The molecule has 0 aliphatic heterocycles. The largest absolute Gasteiger partial charge is 0.503 e. The van der Waals surface area contributed by atoms with Crippen LogP contribution in [-0.2, 0) is 20.5 Å². The molecule has 162 valence electrons. The maximum atomic E-state index is 12.2. The van der Waals surface area contributed by atoms with Crippen LogP contribution in [0.25, 0.3) is 33.9 Å². The number of hydrogen-bond donors (Lipinski definition) is 2. The van der Waals surface area contributed by atoms with Gasteiger partial charge in [0.05, 0.1) is 30.5 Å². The minimum atomic E-state index is -3.51. The molecule has 0 amide bonds. The van der Waals surface area contributed by atoms with Gasteiger partial charge in [-0.05, 0) is 17.7 Å². The average Bonchev–Trinajstić information content (AvgIpc) is 3.26. The van der Waals surface area contributed by atoms with Gasteiger partial charge in [0.15, 0.2) is 0 Å². The summed E-state index contributed by atoms with van der Waals surface area (Å²) in [5, 5.41) is 0. The SMILES string of the molecule is COC=CNS(=O)(=O)Cc1ccc(-c2nc(-c3ccccc3)[nH]c2-c2ccncc2)cc1. The van der Waals surface area contributed by atoms with Gasteiger partial charge in [-0.25, -0.2) is 13.4 Å². The zero-order valence-electron chi connectivity index (χ0n) is 17.4. The van der Waals surface area contributed by atoms with Gasteiger partial charge >= 0.3 is 0 Å². The summed E-state index contributed by atoms with van der Waals surface area (Å²) in [6.07, 6.45) is 5.99. The number of benzene rings is 2. The molecule has 4 aromatic rings. The molecule has 0 bridgehead atoms. The first-order valence-electron chi connectivity index (χ1n) is 9.89. The molecule has 8 heteroatoms. The van der Waals surface area contributed by atoms with Gasteiger partial charge in [0.2, 0.25) is 10.0 Å². The number of aromatic amines is 1. The highest BCUT2D eigenvalue weighted by atomic mass is 32.2. The molecule has 0 atom stereocenters. The van der Waals surface area contributed by atoms with E-state index in [4.69, 9.17) is 9.72 Å². The highest BCUT2D eigenvalue weighted by Gasteiger charge is 2.16. The molecule has 0 unspecified atom stereocenters. The molecular formula is C24H22N4O3S. The molecular weight excluding hydrogens is 424 g/mol. The van der Waals surface area contributed by atoms with Crippen molar-refractivity contribution in [2.75, 3.05) is 7.11 Å². The van der Waals surface area contributed by atoms with Gasteiger partial charge < -0.3 is 9.72 Å². The van der Waals surface area contributed by atoms with E-state index >= 15 is 0 Å². The van der Waals surface area contributed by atoms with E-state index in [0.29, 0.717) is 5.56 Å². The van der Waals surface area contributed by atoms with Crippen molar-refractivity contribution in [2.24, 2.45) is 0 Å². The molecule has 0 spiro atoms. The number of nitrogens with one attached hydrogen (secondary N) is 2. The number of imidazole rings is 1. The molecule has 0 aliphatic rings. The summed E-state index contributed by atoms with van der Waals surface area (Å²) < 4.78 is 31.4. The zero-order valence-corrected chi connectivity index (χ0v) is 18.2. The summed E-state index contributed by atoms with van der Waals surface area (Å²) in [4.78, 5) is 12.4. The molecule has 0 saturated heterocycles. The predicted molar refractivity (Wildman–Crippen MR) is 125 cm³/mol. The standard InChI is InChI=1S/C24H22N4O3S/c1-31-16-15-26-32(29,30)17-18-7-9-19(10-8-18)22-23(20-11-13-25-14-12-20)28-24(27-22)21-5-3-2-4-6-21/h2-16,26H,17H2,1H3,(H,27,28). The maximum absolute atomic E-state index is 12.2. The average molecular weight is 447 g/mol. The lowest BCUT2D eigenvalue weighted by Crippen LogP contribution is -2.19. The summed E-state index contributed by atoms with van der Waals surface area (Å²) in [5.74, 6) is 0.613. The third kappa shape index (κ3) is 5.04. The van der Waals surface area contributed by atoms with Crippen LogP contribution in [0.2, 0.25) is 0 Å². The summed E-state index contributed by atoms with van der Waals surface area (Å²) in [6, 6.07) is 21.1. The van der Waals surface area contributed by atoms with Gasteiger partial charge in [-0.1, -0.05) is 54.6 Å². The van der Waals surface area contributed by atoms with E-state index in [0.717, 1.165) is 33.9 Å². The number of nitrogens with zero attached hydrogens (tertiary/aromatic N) is 2. The van der Waals surface area contributed by atoms with E-state index in [9.17, 15) is 8.42 Å². The number of ether oxygens (including phenoxy) is 1. The highest BCUT2D eigenvalue weighted by molar-refractivity contribution is 7.88. The van der Waals surface area contributed by atoms with E-state index in [2.05, 4.69) is 14.7 Å². The monoisotopic (exact) mass is 446 g/mol. The van der Waals surface area contributed by atoms with Gasteiger partial charge in [0.25, 0.3) is 0 Å². The number of sulfonamides is 1. The Labute approximate surface area is 186 Å². The van der Waals surface area contributed by atoms with Crippen molar-refractivity contribution < 1.29 is 13.2 Å². The topological polar surface area (TPSA) is 97.0 Å². The van der Waals surface area contributed by atoms with Crippen LogP contribution in [0.5, 0.6) is 0 Å². The second-order valence-electron chi connectivity index (χ2n) is 7.02. The van der Waals surface area contributed by atoms with Gasteiger partial charge in [-0.15, -0.1) is 0 Å². The molecule has 2 aromatic carbocycles. The van der Waals surface area contributed by atoms with Crippen molar-refractivity contribution in [1.82, 2.24) is 19.7 Å². The highest BCUT2D eigenvalue weighted by Crippen LogP contribution is 2.33. The summed E-state index contributed by atoms with van der Waals surface area (Å²) in [6.45, 7) is 0. The molecule has 2 aromatic heterocycles. The molecule has 0 aliphatic carbocycles. The Morgan fingerprint density at radius 2 is 1.66 bits per heavy atom. The third-order valence-electron chi connectivity index (χ3n) is 4.76. The van der Waals surface area contributed by atoms with Gasteiger partial charge in [0, 0.05) is 35.3 Å². The summed E-state index contributed by atoms with van der Waals surface area (Å²) in [7, 11) is -2.07. The Kier molecular flexibility index (Phi) is 6.32. The number of aromatic nitrogens is 3. The number of hydrogen-bond acceptors (Lipinski definition) is 5. The summed E-state index contributed by atoms with van der Waals surface area (Å²) >= 11 is 0. The third-order valence-corrected chi connectivity index (χ3v) is 5.96. The van der Waals surface area contributed by atoms with Crippen molar-refractivity contribution in [2.45, 2.75) is 5.75 Å². The van der Waals surface area contributed by atoms with Crippen molar-refractivity contribution in [3.8, 4) is 33.9 Å². The van der Waals surface area contributed by atoms with Crippen LogP contribution in [0.3, 0.4) is 0 Å². The van der Waals surface area contributed by atoms with E-state index in [1.54, 1.807) is 24.5 Å². The molecule has 0 radical (unpaired) electrons. The molecule has 7 nitrogen and oxygen atoms in total. The molecule has 2 heterocycles. The van der Waals surface area contributed by atoms with E-state index < -0.39 is 10.0 Å². The Bertz CT molecular complexity index is 1300. The second-order valence-corrected chi connectivity index (χ2v) is 8.78. The van der Waals surface area contributed by atoms with Gasteiger partial charge in [0.1, 0.15) is 5.82 Å². The van der Waals surface area contributed by atoms with Crippen LogP contribution in [0.1, 0.15) is 5.56 Å². The fourth-order valence-electron chi connectivity index (χ4n) is 3.26. The lowest BCUT2D eigenvalue weighted by Gasteiger charge is -2.06. The van der Waals surface area contributed by atoms with E-state index in [-0.39, 0.29) is 5.75 Å². The van der Waals surface area contributed by atoms with Crippen LogP contribution < -0.4 is 4.72 Å². The smallest absolute Gasteiger partial charge is 0.236 e. The fourth-order valence-corrected chi connectivity index (χ4v) is 4.24. The van der Waals surface area contributed by atoms with Crippen molar-refractivity contribution in [3.63, 3.8) is 0 Å². The fraction of sp³-hybridized carbons (Fsp3) is 0.0833. The molecule has 32 heavy (non-hydrogen) atoms. The van der Waals surface area contributed by atoms with Crippen LogP contribution >= 0.6 is 0 Å². The van der Waals surface area contributed by atoms with Crippen molar-refractivity contribution in [1.29, 1.82) is 0 Å². The Balaban J connectivity index is 1.67. The molecule has 4 rings (SSSR count). The molecule has 0 fully saturated rings. The zero-order chi connectivity index (χ0) is 22.4. The van der Waals surface area contributed by atoms with Crippen molar-refractivity contribution in [3.05, 3.63) is 97.1 Å². The van der Waals surface area contributed by atoms with E-state index in [1.807, 2.05) is 54.6 Å². The first kappa shape index (κ1) is 21.3. The first-order valence-corrected chi connectivity index (χ1v) is 11.5. The number of methoxy groups -OCH3 is 1. The lowest BCUT2D eigenvalue weighted by molar-refractivity contribution is 0.336. The first-order chi connectivity index (χ1) is 15.6. The Hall–Kier alpha value is -3.91. The second kappa shape index (κ2) is 9.49. The predicted octanol–water partition coefficient (Wildman–Crippen LogP) is 4.34. The normalized spacial score (nSPS) is 11.5. The minimum Gasteiger partial charge on any atom is -0.503 e. The lowest BCUT2D eigenvalue weighted by atomic mass is 10.0. The minimum absolute atomic E-state index is 0.144. The van der Waals surface area contributed by atoms with Crippen molar-refractivity contribution >= 4 is 10.0 Å². The summed E-state index contributed by atoms with van der Waals surface area (Å²) in [5.41, 5.74) is 5.14. The van der Waals surface area contributed by atoms with Gasteiger partial charge in [-0.2, -0.15) is 0 Å². The maximum Gasteiger partial charge on any atom is 0.236 e. The van der Waals surface area contributed by atoms with Crippen LogP contribution in [0, 0.1) is 0 Å². The molecule has 2 N–H and O–H groups in total. The Morgan fingerprint density at radius 1 is 0.938 bits per heavy atom. The Morgan fingerprint density at radius 3 is 2.34 bits per heavy atom. The van der Waals surface area contributed by atoms with E-state index in [1.165, 1.54) is 19.6 Å². The quantitative estimate of drug-likeness (QED) is 0.393. The van der Waals surface area contributed by atoms with Crippen LogP contribution in [-0.4, -0.2) is 30.5 Å². The number of H-pyrrole nitrogens is 1. The number of pyridine rings is 1. The molecule has 0 saturated carbocycles. The van der Waals surface area contributed by atoms with Gasteiger partial charge in [-0.3, -0.25) is 9.71 Å². The van der Waals surface area contributed by atoms with Crippen LogP contribution in [0.15, 0.2) is 91.6 Å². The number of rotatable bonds is 8.